The standard InChI is InChI=1S/C15H28N6O/c1-10(2)12(14-17-18-19-21(14)15(3,4)5)20-8-6-11(7-9-20)13(16)22/h10-12H,6-9H2,1-5H3,(H2,16,22)/t12-/m1/s1. The molecule has 0 aliphatic carbocycles. The first-order valence-electron chi connectivity index (χ1n) is 8.04. The van der Waals surface area contributed by atoms with Crippen molar-refractivity contribution in [3.63, 3.8) is 0 Å². The number of carbonyl (C=O) groups is 1. The van der Waals surface area contributed by atoms with Gasteiger partial charge in [0.25, 0.3) is 0 Å². The third-order valence-corrected chi connectivity index (χ3v) is 4.35. The summed E-state index contributed by atoms with van der Waals surface area (Å²) < 4.78 is 1.91. The molecule has 0 aromatic carbocycles. The Labute approximate surface area is 132 Å². The summed E-state index contributed by atoms with van der Waals surface area (Å²) in [5, 5.41) is 12.4. The van der Waals surface area contributed by atoms with Gasteiger partial charge in [0.1, 0.15) is 0 Å². The number of amides is 1. The number of hydrogen-bond donors (Lipinski definition) is 1. The lowest BCUT2D eigenvalue weighted by Crippen LogP contribution is -2.43. The minimum Gasteiger partial charge on any atom is -0.369 e. The number of likely N-dealkylation sites (tertiary alicyclic amines) is 1. The number of nitrogens with zero attached hydrogens (tertiary/aromatic N) is 5. The molecule has 0 spiro atoms. The molecule has 1 saturated heterocycles. The van der Waals surface area contributed by atoms with Gasteiger partial charge in [-0.05, 0) is 63.0 Å². The number of piperidine rings is 1. The van der Waals surface area contributed by atoms with E-state index in [1.165, 1.54) is 0 Å². The molecule has 1 amide bonds. The van der Waals surface area contributed by atoms with Gasteiger partial charge in [-0.1, -0.05) is 13.8 Å². The van der Waals surface area contributed by atoms with E-state index in [1.54, 1.807) is 0 Å². The van der Waals surface area contributed by atoms with Crippen molar-refractivity contribution < 1.29 is 4.79 Å². The zero-order chi connectivity index (χ0) is 16.5. The smallest absolute Gasteiger partial charge is 0.220 e. The summed E-state index contributed by atoms with van der Waals surface area (Å²) in [6, 6.07) is 0.156. The molecule has 7 nitrogen and oxygen atoms in total. The lowest BCUT2D eigenvalue weighted by molar-refractivity contribution is -0.123. The second-order valence-electron chi connectivity index (χ2n) is 7.52. The van der Waals surface area contributed by atoms with Crippen LogP contribution in [-0.4, -0.2) is 44.1 Å². The largest absolute Gasteiger partial charge is 0.369 e. The molecule has 1 aliphatic heterocycles. The number of aromatic nitrogens is 4. The van der Waals surface area contributed by atoms with Gasteiger partial charge in [-0.25, -0.2) is 4.68 Å². The Morgan fingerprint density at radius 2 is 1.86 bits per heavy atom. The molecule has 1 aliphatic rings. The normalized spacial score (nSPS) is 19.5. The number of primary amides is 1. The van der Waals surface area contributed by atoms with Crippen molar-refractivity contribution in [2.24, 2.45) is 17.6 Å². The molecule has 1 aromatic heterocycles. The van der Waals surface area contributed by atoms with Gasteiger partial charge in [0, 0.05) is 5.92 Å². The lowest BCUT2D eigenvalue weighted by atomic mass is 9.92. The maximum atomic E-state index is 11.3. The fraction of sp³-hybridized carbons (Fsp3) is 0.867. The van der Waals surface area contributed by atoms with E-state index in [2.05, 4.69) is 55.0 Å². The van der Waals surface area contributed by atoms with Gasteiger partial charge >= 0.3 is 0 Å². The molecule has 0 saturated carbocycles. The summed E-state index contributed by atoms with van der Waals surface area (Å²) in [5.41, 5.74) is 5.28. The van der Waals surface area contributed by atoms with Crippen LogP contribution in [0.25, 0.3) is 0 Å². The topological polar surface area (TPSA) is 89.9 Å². The molecular weight excluding hydrogens is 280 g/mol. The van der Waals surface area contributed by atoms with E-state index < -0.39 is 0 Å². The summed E-state index contributed by atoms with van der Waals surface area (Å²) in [6.07, 6.45) is 1.63. The molecule has 2 N–H and O–H groups in total. The van der Waals surface area contributed by atoms with Crippen LogP contribution in [0.2, 0.25) is 0 Å². The summed E-state index contributed by atoms with van der Waals surface area (Å²) in [6.45, 7) is 12.4. The highest BCUT2D eigenvalue weighted by atomic mass is 16.1. The van der Waals surface area contributed by atoms with Crippen LogP contribution >= 0.6 is 0 Å². The molecule has 2 rings (SSSR count). The first-order chi connectivity index (χ1) is 10.2. The first kappa shape index (κ1) is 16.9. The van der Waals surface area contributed by atoms with Crippen LogP contribution in [0, 0.1) is 11.8 Å². The minimum atomic E-state index is -0.180. The van der Waals surface area contributed by atoms with E-state index in [0.29, 0.717) is 5.92 Å². The summed E-state index contributed by atoms with van der Waals surface area (Å²) in [4.78, 5) is 13.7. The first-order valence-corrected chi connectivity index (χ1v) is 8.04. The molecule has 0 unspecified atom stereocenters. The Morgan fingerprint density at radius 1 is 1.27 bits per heavy atom. The van der Waals surface area contributed by atoms with Crippen molar-refractivity contribution in [3.8, 4) is 0 Å². The van der Waals surface area contributed by atoms with Crippen LogP contribution in [0.15, 0.2) is 0 Å². The molecular formula is C15H28N6O. The predicted octanol–water partition coefficient (Wildman–Crippen LogP) is 1.32. The summed E-state index contributed by atoms with van der Waals surface area (Å²) in [5.74, 6) is 1.11. The number of rotatable bonds is 4. The molecule has 7 heteroatoms. The maximum Gasteiger partial charge on any atom is 0.220 e. The SMILES string of the molecule is CC(C)[C@H](c1nnnn1C(C)(C)C)N1CCC(C(N)=O)CC1. The minimum absolute atomic E-state index is 0.00248. The molecule has 0 bridgehead atoms. The molecule has 1 atom stereocenters. The second kappa shape index (κ2) is 6.32. The monoisotopic (exact) mass is 308 g/mol. The molecule has 2 heterocycles. The number of carbonyl (C=O) groups excluding carboxylic acids is 1. The van der Waals surface area contributed by atoms with E-state index in [9.17, 15) is 4.79 Å². The van der Waals surface area contributed by atoms with Crippen molar-refractivity contribution in [2.45, 2.75) is 59.0 Å². The van der Waals surface area contributed by atoms with Gasteiger partial charge in [-0.2, -0.15) is 0 Å². The Morgan fingerprint density at radius 3 is 2.32 bits per heavy atom. The van der Waals surface area contributed by atoms with Crippen LogP contribution in [0.4, 0.5) is 0 Å². The quantitative estimate of drug-likeness (QED) is 0.906. The van der Waals surface area contributed by atoms with Crippen LogP contribution in [0.3, 0.4) is 0 Å². The zero-order valence-electron chi connectivity index (χ0n) is 14.3. The molecule has 1 fully saturated rings. The fourth-order valence-corrected chi connectivity index (χ4v) is 3.20. The molecule has 124 valence electrons. The van der Waals surface area contributed by atoms with E-state index >= 15 is 0 Å². The Bertz CT molecular complexity index is 510. The number of hydrogen-bond acceptors (Lipinski definition) is 5. The number of nitrogens with two attached hydrogens (primary N) is 1. The highest BCUT2D eigenvalue weighted by molar-refractivity contribution is 5.76. The zero-order valence-corrected chi connectivity index (χ0v) is 14.3. The van der Waals surface area contributed by atoms with Gasteiger partial charge < -0.3 is 5.73 Å². The highest BCUT2D eigenvalue weighted by Gasteiger charge is 2.34. The van der Waals surface area contributed by atoms with E-state index in [0.717, 1.165) is 31.8 Å². The lowest BCUT2D eigenvalue weighted by Gasteiger charge is -2.38. The van der Waals surface area contributed by atoms with Crippen molar-refractivity contribution in [3.05, 3.63) is 5.82 Å². The van der Waals surface area contributed by atoms with Crippen molar-refractivity contribution in [2.75, 3.05) is 13.1 Å². The maximum absolute atomic E-state index is 11.3. The van der Waals surface area contributed by atoms with Crippen molar-refractivity contribution >= 4 is 5.91 Å². The average Bonchev–Trinajstić information content (AvgIpc) is 2.88. The average molecular weight is 308 g/mol. The Balaban J connectivity index is 2.22. The van der Waals surface area contributed by atoms with Gasteiger partial charge in [0.15, 0.2) is 5.82 Å². The van der Waals surface area contributed by atoms with Gasteiger partial charge in [0.05, 0.1) is 11.6 Å². The van der Waals surface area contributed by atoms with E-state index in [1.807, 2.05) is 4.68 Å². The highest BCUT2D eigenvalue weighted by Crippen LogP contribution is 2.32. The van der Waals surface area contributed by atoms with Crippen molar-refractivity contribution in [1.29, 1.82) is 0 Å². The molecule has 22 heavy (non-hydrogen) atoms. The Hall–Kier alpha value is -1.50. The van der Waals surface area contributed by atoms with Gasteiger partial charge in [-0.15, -0.1) is 5.10 Å². The molecule has 1 aromatic rings. The fourth-order valence-electron chi connectivity index (χ4n) is 3.20. The van der Waals surface area contributed by atoms with Crippen LogP contribution in [0.5, 0.6) is 0 Å². The van der Waals surface area contributed by atoms with E-state index in [4.69, 9.17) is 5.73 Å². The van der Waals surface area contributed by atoms with E-state index in [-0.39, 0.29) is 23.4 Å². The van der Waals surface area contributed by atoms with Crippen LogP contribution < -0.4 is 5.73 Å². The second-order valence-corrected chi connectivity index (χ2v) is 7.52. The third-order valence-electron chi connectivity index (χ3n) is 4.35. The predicted molar refractivity (Wildman–Crippen MR) is 83.9 cm³/mol. The van der Waals surface area contributed by atoms with Gasteiger partial charge in [-0.3, -0.25) is 9.69 Å². The molecule has 0 radical (unpaired) electrons. The summed E-state index contributed by atoms with van der Waals surface area (Å²) >= 11 is 0. The number of tetrazole rings is 1. The van der Waals surface area contributed by atoms with Crippen LogP contribution in [0.1, 0.15) is 59.3 Å². The van der Waals surface area contributed by atoms with Crippen molar-refractivity contribution in [1.82, 2.24) is 25.1 Å². The Kier molecular flexibility index (Phi) is 4.84. The third kappa shape index (κ3) is 3.45. The van der Waals surface area contributed by atoms with Gasteiger partial charge in [0.2, 0.25) is 5.91 Å². The summed E-state index contributed by atoms with van der Waals surface area (Å²) in [7, 11) is 0. The van der Waals surface area contributed by atoms with Crippen LogP contribution in [-0.2, 0) is 10.3 Å².